The Kier molecular flexibility index (Phi) is 3.31. The summed E-state index contributed by atoms with van der Waals surface area (Å²) >= 11 is 0. The van der Waals surface area contributed by atoms with Crippen molar-refractivity contribution in [2.75, 3.05) is 11.9 Å². The summed E-state index contributed by atoms with van der Waals surface area (Å²) < 4.78 is 2.02. The molecular formula is C19H17N5. The van der Waals surface area contributed by atoms with Crippen LogP contribution in [0, 0.1) is 17.2 Å². The van der Waals surface area contributed by atoms with Crippen LogP contribution in [0.15, 0.2) is 42.6 Å². The van der Waals surface area contributed by atoms with Gasteiger partial charge in [0.15, 0.2) is 11.3 Å². The van der Waals surface area contributed by atoms with Gasteiger partial charge in [0.25, 0.3) is 0 Å². The van der Waals surface area contributed by atoms with Crippen LogP contribution in [-0.2, 0) is 0 Å². The standard InChI is InChI=1S/C19H17N5/c1-12(2)11-22-15-6-5-13-8-14(10-20)19-23-18-16(4-3-7-21-18)24(19)17(13)9-15/h3-9,12,22H,11H2,1-2H3. The van der Waals surface area contributed by atoms with Gasteiger partial charge in [-0.05, 0) is 36.2 Å². The molecule has 1 N–H and O–H groups in total. The molecule has 0 amide bonds. The topological polar surface area (TPSA) is 66.0 Å². The van der Waals surface area contributed by atoms with Crippen LogP contribution in [0.2, 0.25) is 0 Å². The zero-order valence-corrected chi connectivity index (χ0v) is 13.6. The summed E-state index contributed by atoms with van der Waals surface area (Å²) in [7, 11) is 0. The van der Waals surface area contributed by atoms with Crippen LogP contribution in [0.25, 0.3) is 27.7 Å². The number of rotatable bonds is 3. The van der Waals surface area contributed by atoms with E-state index in [1.165, 1.54) is 0 Å². The van der Waals surface area contributed by atoms with E-state index in [9.17, 15) is 5.26 Å². The average molecular weight is 315 g/mol. The number of benzene rings is 1. The van der Waals surface area contributed by atoms with Gasteiger partial charge in [0, 0.05) is 23.8 Å². The van der Waals surface area contributed by atoms with Gasteiger partial charge in [-0.25, -0.2) is 9.97 Å². The first-order chi connectivity index (χ1) is 11.7. The molecule has 0 spiro atoms. The molecule has 0 fully saturated rings. The van der Waals surface area contributed by atoms with Crippen molar-refractivity contribution < 1.29 is 0 Å². The van der Waals surface area contributed by atoms with E-state index >= 15 is 0 Å². The van der Waals surface area contributed by atoms with Gasteiger partial charge in [-0.1, -0.05) is 19.9 Å². The van der Waals surface area contributed by atoms with Crippen molar-refractivity contribution in [3.63, 3.8) is 0 Å². The molecule has 3 heterocycles. The third-order valence-electron chi connectivity index (χ3n) is 4.08. The van der Waals surface area contributed by atoms with Crippen molar-refractivity contribution in [3.05, 3.63) is 48.2 Å². The van der Waals surface area contributed by atoms with E-state index in [0.717, 1.165) is 28.7 Å². The Bertz CT molecular complexity index is 1100. The van der Waals surface area contributed by atoms with Gasteiger partial charge in [-0.15, -0.1) is 0 Å². The highest BCUT2D eigenvalue weighted by Crippen LogP contribution is 2.27. The van der Waals surface area contributed by atoms with E-state index < -0.39 is 0 Å². The quantitative estimate of drug-likeness (QED) is 0.621. The molecule has 5 heteroatoms. The third-order valence-corrected chi connectivity index (χ3v) is 4.08. The number of aromatic nitrogens is 3. The van der Waals surface area contributed by atoms with Crippen LogP contribution in [0.4, 0.5) is 5.69 Å². The molecule has 0 unspecified atom stereocenters. The van der Waals surface area contributed by atoms with Crippen LogP contribution in [0.5, 0.6) is 0 Å². The second-order valence-electron chi connectivity index (χ2n) is 6.34. The van der Waals surface area contributed by atoms with Crippen molar-refractivity contribution in [2.45, 2.75) is 13.8 Å². The lowest BCUT2D eigenvalue weighted by Gasteiger charge is -2.11. The van der Waals surface area contributed by atoms with Gasteiger partial charge in [0.2, 0.25) is 0 Å². The second-order valence-corrected chi connectivity index (χ2v) is 6.34. The summed E-state index contributed by atoms with van der Waals surface area (Å²) in [6.07, 6.45) is 1.72. The molecule has 0 atom stereocenters. The number of hydrogen-bond donors (Lipinski definition) is 1. The van der Waals surface area contributed by atoms with E-state index in [2.05, 4.69) is 47.3 Å². The Morgan fingerprint density at radius 3 is 2.88 bits per heavy atom. The monoisotopic (exact) mass is 315 g/mol. The molecule has 0 aliphatic carbocycles. The number of nitrogens with one attached hydrogen (secondary N) is 1. The highest BCUT2D eigenvalue weighted by atomic mass is 15.1. The first-order valence-corrected chi connectivity index (χ1v) is 8.01. The highest BCUT2D eigenvalue weighted by molar-refractivity contribution is 5.93. The summed E-state index contributed by atoms with van der Waals surface area (Å²) in [4.78, 5) is 8.87. The zero-order valence-electron chi connectivity index (χ0n) is 13.6. The fourth-order valence-electron chi connectivity index (χ4n) is 2.93. The summed E-state index contributed by atoms with van der Waals surface area (Å²) in [5.41, 5.74) is 4.86. The predicted octanol–water partition coefficient (Wildman–Crippen LogP) is 3.98. The van der Waals surface area contributed by atoms with E-state index in [-0.39, 0.29) is 0 Å². The molecule has 5 nitrogen and oxygen atoms in total. The average Bonchev–Trinajstić information content (AvgIpc) is 2.99. The Labute approximate surface area is 139 Å². The SMILES string of the molecule is CC(C)CNc1ccc2cc(C#N)c3nc4ncccc4n3c2c1. The summed E-state index contributed by atoms with van der Waals surface area (Å²) in [5, 5.41) is 14.0. The Hall–Kier alpha value is -3.13. The van der Waals surface area contributed by atoms with Crippen molar-refractivity contribution in [3.8, 4) is 6.07 Å². The molecule has 0 aliphatic rings. The van der Waals surface area contributed by atoms with Gasteiger partial charge < -0.3 is 5.32 Å². The molecule has 0 radical (unpaired) electrons. The van der Waals surface area contributed by atoms with E-state index in [1.807, 2.05) is 28.7 Å². The van der Waals surface area contributed by atoms with E-state index in [1.54, 1.807) is 6.20 Å². The molecule has 1 aromatic carbocycles. The third kappa shape index (κ3) is 2.24. The van der Waals surface area contributed by atoms with Gasteiger partial charge in [0.05, 0.1) is 16.6 Å². The molecule has 0 saturated carbocycles. The zero-order chi connectivity index (χ0) is 16.7. The minimum atomic E-state index is 0.559. The lowest BCUT2D eigenvalue weighted by molar-refractivity contribution is 0.689. The van der Waals surface area contributed by atoms with Crippen molar-refractivity contribution in [2.24, 2.45) is 5.92 Å². The maximum atomic E-state index is 9.48. The fourth-order valence-corrected chi connectivity index (χ4v) is 2.93. The molecule has 118 valence electrons. The molecule has 24 heavy (non-hydrogen) atoms. The first kappa shape index (κ1) is 14.5. The molecule has 4 aromatic rings. The largest absolute Gasteiger partial charge is 0.385 e. The fraction of sp³-hybridized carbons (Fsp3) is 0.211. The molecule has 0 saturated heterocycles. The first-order valence-electron chi connectivity index (χ1n) is 8.01. The van der Waals surface area contributed by atoms with Crippen LogP contribution in [0.1, 0.15) is 19.4 Å². The molecule has 0 aliphatic heterocycles. The summed E-state index contributed by atoms with van der Waals surface area (Å²) in [6.45, 7) is 5.28. The molecule has 0 bridgehead atoms. The lowest BCUT2D eigenvalue weighted by Crippen LogP contribution is -2.07. The molecule has 4 rings (SSSR count). The Morgan fingerprint density at radius 2 is 2.08 bits per heavy atom. The number of nitriles is 1. The van der Waals surface area contributed by atoms with Gasteiger partial charge in [-0.3, -0.25) is 4.40 Å². The molecule has 3 aromatic heterocycles. The van der Waals surface area contributed by atoms with Crippen molar-refractivity contribution in [1.29, 1.82) is 5.26 Å². The predicted molar refractivity (Wildman–Crippen MR) is 96.0 cm³/mol. The Balaban J connectivity index is 2.05. The second kappa shape index (κ2) is 5.50. The van der Waals surface area contributed by atoms with E-state index in [4.69, 9.17) is 0 Å². The maximum absolute atomic E-state index is 9.48. The molecular weight excluding hydrogens is 298 g/mol. The van der Waals surface area contributed by atoms with Gasteiger partial charge in [0.1, 0.15) is 6.07 Å². The van der Waals surface area contributed by atoms with Crippen molar-refractivity contribution in [1.82, 2.24) is 14.4 Å². The van der Waals surface area contributed by atoms with Crippen LogP contribution < -0.4 is 5.32 Å². The minimum absolute atomic E-state index is 0.559. The number of anilines is 1. The Morgan fingerprint density at radius 1 is 1.21 bits per heavy atom. The van der Waals surface area contributed by atoms with Crippen molar-refractivity contribution >= 4 is 33.4 Å². The number of pyridine rings is 2. The normalized spacial score (nSPS) is 11.4. The minimum Gasteiger partial charge on any atom is -0.385 e. The number of nitrogens with zero attached hydrogens (tertiary/aromatic N) is 4. The highest BCUT2D eigenvalue weighted by Gasteiger charge is 2.13. The van der Waals surface area contributed by atoms with Crippen LogP contribution in [-0.4, -0.2) is 20.9 Å². The number of hydrogen-bond acceptors (Lipinski definition) is 4. The van der Waals surface area contributed by atoms with Gasteiger partial charge in [-0.2, -0.15) is 5.26 Å². The van der Waals surface area contributed by atoms with Crippen LogP contribution in [0.3, 0.4) is 0 Å². The van der Waals surface area contributed by atoms with Crippen LogP contribution >= 0.6 is 0 Å². The lowest BCUT2D eigenvalue weighted by atomic mass is 10.1. The number of imidazole rings is 1. The summed E-state index contributed by atoms with van der Waals surface area (Å²) in [5.74, 6) is 0.569. The van der Waals surface area contributed by atoms with E-state index in [0.29, 0.717) is 22.8 Å². The number of fused-ring (bicyclic) bond motifs is 5. The van der Waals surface area contributed by atoms with Gasteiger partial charge >= 0.3 is 0 Å². The maximum Gasteiger partial charge on any atom is 0.178 e. The summed E-state index contributed by atoms with van der Waals surface area (Å²) in [6, 6.07) is 14.2. The smallest absolute Gasteiger partial charge is 0.178 e.